The zero-order chi connectivity index (χ0) is 17.4. The van der Waals surface area contributed by atoms with Crippen molar-refractivity contribution in [2.24, 2.45) is 10.2 Å². The van der Waals surface area contributed by atoms with Crippen molar-refractivity contribution in [1.29, 1.82) is 0 Å². The summed E-state index contributed by atoms with van der Waals surface area (Å²) in [6.45, 7) is 0. The molecule has 0 saturated carbocycles. The van der Waals surface area contributed by atoms with Gasteiger partial charge in [0.2, 0.25) is 0 Å². The highest BCUT2D eigenvalue weighted by Crippen LogP contribution is 2.30. The summed E-state index contributed by atoms with van der Waals surface area (Å²) in [7, 11) is 6.34. The van der Waals surface area contributed by atoms with Gasteiger partial charge in [0.1, 0.15) is 0 Å². The number of rotatable bonds is 7. The number of para-hydroxylation sites is 2. The van der Waals surface area contributed by atoms with E-state index in [0.717, 1.165) is 11.1 Å². The van der Waals surface area contributed by atoms with Gasteiger partial charge < -0.3 is 18.9 Å². The zero-order valence-corrected chi connectivity index (χ0v) is 14.1. The lowest BCUT2D eigenvalue weighted by molar-refractivity contribution is 0.354. The molecule has 0 atom stereocenters. The molecule has 2 rings (SSSR count). The fourth-order valence-electron chi connectivity index (χ4n) is 2.22. The summed E-state index contributed by atoms with van der Waals surface area (Å²) in [6, 6.07) is 11.1. The highest BCUT2D eigenvalue weighted by Gasteiger charge is 2.08. The van der Waals surface area contributed by atoms with Crippen LogP contribution in [0, 0.1) is 0 Å². The Morgan fingerprint density at radius 1 is 0.625 bits per heavy atom. The van der Waals surface area contributed by atoms with Crippen molar-refractivity contribution in [2.45, 2.75) is 0 Å². The molecule has 24 heavy (non-hydrogen) atoms. The lowest BCUT2D eigenvalue weighted by atomic mass is 10.2. The minimum absolute atomic E-state index is 0.609. The maximum absolute atomic E-state index is 5.34. The van der Waals surface area contributed by atoms with Gasteiger partial charge in [-0.2, -0.15) is 10.2 Å². The highest BCUT2D eigenvalue weighted by molar-refractivity contribution is 5.87. The van der Waals surface area contributed by atoms with Crippen molar-refractivity contribution in [3.8, 4) is 23.0 Å². The van der Waals surface area contributed by atoms with Crippen LogP contribution in [-0.2, 0) is 0 Å². The maximum Gasteiger partial charge on any atom is 0.169 e. The van der Waals surface area contributed by atoms with Crippen LogP contribution >= 0.6 is 0 Å². The van der Waals surface area contributed by atoms with Gasteiger partial charge in [0.15, 0.2) is 23.0 Å². The van der Waals surface area contributed by atoms with Crippen molar-refractivity contribution in [3.05, 3.63) is 47.5 Å². The molecule has 0 aliphatic carbocycles. The molecule has 0 saturated heterocycles. The van der Waals surface area contributed by atoms with Gasteiger partial charge in [0, 0.05) is 11.1 Å². The minimum atomic E-state index is 0.609. The summed E-state index contributed by atoms with van der Waals surface area (Å²) in [4.78, 5) is 0. The molecule has 0 aliphatic rings. The molecule has 0 spiro atoms. The molecule has 0 amide bonds. The van der Waals surface area contributed by atoms with Gasteiger partial charge >= 0.3 is 0 Å². The van der Waals surface area contributed by atoms with E-state index >= 15 is 0 Å². The van der Waals surface area contributed by atoms with E-state index in [9.17, 15) is 0 Å². The van der Waals surface area contributed by atoms with Crippen molar-refractivity contribution in [3.63, 3.8) is 0 Å². The SMILES string of the molecule is COc1cccc(C=N/N=C/c2cccc(OC)c2OC)c1OC. The van der Waals surface area contributed by atoms with Gasteiger partial charge in [0.25, 0.3) is 0 Å². The van der Waals surface area contributed by atoms with E-state index in [1.165, 1.54) is 0 Å². The van der Waals surface area contributed by atoms with Crippen LogP contribution in [0.15, 0.2) is 46.6 Å². The molecule has 6 heteroatoms. The number of nitrogens with zero attached hydrogens (tertiary/aromatic N) is 2. The maximum atomic E-state index is 5.34. The second-order valence-corrected chi connectivity index (χ2v) is 4.65. The first-order valence-electron chi connectivity index (χ1n) is 7.23. The Morgan fingerprint density at radius 2 is 1.04 bits per heavy atom. The second kappa shape index (κ2) is 8.57. The average molecular weight is 328 g/mol. The summed E-state index contributed by atoms with van der Waals surface area (Å²) >= 11 is 0. The first-order valence-corrected chi connectivity index (χ1v) is 7.23. The number of hydrogen-bond acceptors (Lipinski definition) is 6. The topological polar surface area (TPSA) is 61.6 Å². The Balaban J connectivity index is 2.22. The predicted molar refractivity (Wildman–Crippen MR) is 94.3 cm³/mol. The van der Waals surface area contributed by atoms with Crippen molar-refractivity contribution in [1.82, 2.24) is 0 Å². The van der Waals surface area contributed by atoms with Gasteiger partial charge in [0.05, 0.1) is 40.9 Å². The van der Waals surface area contributed by atoms with Gasteiger partial charge in [-0.15, -0.1) is 0 Å². The molecule has 2 aromatic carbocycles. The smallest absolute Gasteiger partial charge is 0.169 e. The van der Waals surface area contributed by atoms with Crippen LogP contribution in [0.25, 0.3) is 0 Å². The molecule has 0 aliphatic heterocycles. The molecule has 0 fully saturated rings. The molecule has 0 aromatic heterocycles. The first kappa shape index (κ1) is 17.3. The number of ether oxygens (including phenoxy) is 4. The average Bonchev–Trinajstić information content (AvgIpc) is 2.64. The fourth-order valence-corrected chi connectivity index (χ4v) is 2.22. The molecule has 126 valence electrons. The van der Waals surface area contributed by atoms with Crippen LogP contribution in [0.4, 0.5) is 0 Å². The summed E-state index contributed by atoms with van der Waals surface area (Å²) in [5.74, 6) is 2.50. The summed E-state index contributed by atoms with van der Waals surface area (Å²) in [5, 5.41) is 8.13. The minimum Gasteiger partial charge on any atom is -0.493 e. The van der Waals surface area contributed by atoms with Crippen LogP contribution in [0.2, 0.25) is 0 Å². The molecular weight excluding hydrogens is 308 g/mol. The molecule has 0 bridgehead atoms. The van der Waals surface area contributed by atoms with E-state index in [1.54, 1.807) is 40.9 Å². The summed E-state index contributed by atoms with van der Waals surface area (Å²) < 4.78 is 21.2. The Hall–Kier alpha value is -3.02. The fraction of sp³-hybridized carbons (Fsp3) is 0.222. The lowest BCUT2D eigenvalue weighted by Crippen LogP contribution is -1.95. The Kier molecular flexibility index (Phi) is 6.19. The monoisotopic (exact) mass is 328 g/mol. The third-order valence-corrected chi connectivity index (χ3v) is 3.33. The molecule has 0 heterocycles. The van der Waals surface area contributed by atoms with Gasteiger partial charge in [-0.25, -0.2) is 0 Å². The first-order chi connectivity index (χ1) is 11.7. The van der Waals surface area contributed by atoms with Crippen molar-refractivity contribution < 1.29 is 18.9 Å². The number of benzene rings is 2. The van der Waals surface area contributed by atoms with Gasteiger partial charge in [-0.1, -0.05) is 12.1 Å². The van der Waals surface area contributed by atoms with Crippen LogP contribution in [0.1, 0.15) is 11.1 Å². The Labute approximate surface area is 141 Å². The van der Waals surface area contributed by atoms with Gasteiger partial charge in [-0.05, 0) is 24.3 Å². The zero-order valence-electron chi connectivity index (χ0n) is 14.1. The van der Waals surface area contributed by atoms with Crippen LogP contribution < -0.4 is 18.9 Å². The second-order valence-electron chi connectivity index (χ2n) is 4.65. The van der Waals surface area contributed by atoms with E-state index < -0.39 is 0 Å². The summed E-state index contributed by atoms with van der Waals surface area (Å²) in [6.07, 6.45) is 3.20. The largest absolute Gasteiger partial charge is 0.493 e. The Bertz CT molecular complexity index is 678. The molecule has 0 N–H and O–H groups in total. The van der Waals surface area contributed by atoms with Gasteiger partial charge in [-0.3, -0.25) is 0 Å². The highest BCUT2D eigenvalue weighted by atomic mass is 16.5. The molecular formula is C18H20N2O4. The van der Waals surface area contributed by atoms with Crippen molar-refractivity contribution >= 4 is 12.4 Å². The van der Waals surface area contributed by atoms with Crippen LogP contribution in [0.5, 0.6) is 23.0 Å². The summed E-state index contributed by atoms with van der Waals surface area (Å²) in [5.41, 5.74) is 1.54. The van der Waals surface area contributed by atoms with Crippen LogP contribution in [-0.4, -0.2) is 40.9 Å². The van der Waals surface area contributed by atoms with E-state index in [1.807, 2.05) is 36.4 Å². The molecule has 0 radical (unpaired) electrons. The normalized spacial score (nSPS) is 11.0. The quantitative estimate of drug-likeness (QED) is 0.578. The van der Waals surface area contributed by atoms with E-state index in [2.05, 4.69) is 10.2 Å². The number of hydrogen-bond donors (Lipinski definition) is 0. The number of methoxy groups -OCH3 is 4. The van der Waals surface area contributed by atoms with E-state index in [0.29, 0.717) is 23.0 Å². The molecule has 6 nitrogen and oxygen atoms in total. The van der Waals surface area contributed by atoms with Crippen LogP contribution in [0.3, 0.4) is 0 Å². The van der Waals surface area contributed by atoms with E-state index in [-0.39, 0.29) is 0 Å². The van der Waals surface area contributed by atoms with Crippen molar-refractivity contribution in [2.75, 3.05) is 28.4 Å². The molecule has 2 aromatic rings. The third kappa shape index (κ3) is 3.84. The predicted octanol–water partition coefficient (Wildman–Crippen LogP) is 3.17. The Morgan fingerprint density at radius 3 is 1.38 bits per heavy atom. The molecule has 0 unspecified atom stereocenters. The van der Waals surface area contributed by atoms with E-state index in [4.69, 9.17) is 18.9 Å². The lowest BCUT2D eigenvalue weighted by Gasteiger charge is -2.09. The standard InChI is InChI=1S/C18H20N2O4/c1-21-15-9-5-7-13(17(15)23-3)11-19-20-12-14-8-6-10-16(22-2)18(14)24-4/h5-12H,1-4H3/b19-11+,20-12?. The third-order valence-electron chi connectivity index (χ3n) is 3.33.